The number of rotatable bonds is 6. The van der Waals surface area contributed by atoms with Crippen molar-refractivity contribution in [1.29, 1.82) is 0 Å². The minimum Gasteiger partial charge on any atom is -0.489 e. The van der Waals surface area contributed by atoms with E-state index in [1.165, 1.54) is 0 Å². The van der Waals surface area contributed by atoms with E-state index < -0.39 is 0 Å². The number of aromatic nitrogens is 3. The number of carbonyl (C=O) groups is 1. The summed E-state index contributed by atoms with van der Waals surface area (Å²) in [5.74, 6) is 0.554. The molecule has 28 heavy (non-hydrogen) atoms. The number of halogens is 1. The van der Waals surface area contributed by atoms with Crippen molar-refractivity contribution in [2.45, 2.75) is 6.61 Å². The fourth-order valence-electron chi connectivity index (χ4n) is 2.59. The summed E-state index contributed by atoms with van der Waals surface area (Å²) >= 11 is 5.98. The van der Waals surface area contributed by atoms with E-state index in [2.05, 4.69) is 20.9 Å². The highest BCUT2D eigenvalue weighted by Crippen LogP contribution is 2.17. The maximum atomic E-state index is 12.4. The smallest absolute Gasteiger partial charge is 0.269 e. The molecular formula is C20H16ClN5O2. The van der Waals surface area contributed by atoms with Gasteiger partial charge in [-0.1, -0.05) is 35.9 Å². The van der Waals surface area contributed by atoms with E-state index >= 15 is 0 Å². The fraction of sp³-hybridized carbons (Fsp3) is 0.0500. The van der Waals surface area contributed by atoms with Crippen LogP contribution in [0.5, 0.6) is 5.75 Å². The minimum atomic E-state index is -0.327. The van der Waals surface area contributed by atoms with Crippen LogP contribution >= 0.6 is 11.6 Å². The summed E-state index contributed by atoms with van der Waals surface area (Å²) in [6.07, 6.45) is 1.77. The molecule has 1 amide bonds. The van der Waals surface area contributed by atoms with E-state index in [4.69, 9.17) is 16.3 Å². The van der Waals surface area contributed by atoms with Gasteiger partial charge in [0, 0.05) is 16.8 Å². The van der Waals surface area contributed by atoms with Crippen LogP contribution in [-0.2, 0) is 6.61 Å². The molecule has 8 heteroatoms. The van der Waals surface area contributed by atoms with Crippen molar-refractivity contribution < 1.29 is 9.53 Å². The van der Waals surface area contributed by atoms with Crippen molar-refractivity contribution in [2.75, 3.05) is 5.43 Å². The lowest BCUT2D eigenvalue weighted by Gasteiger charge is -2.09. The van der Waals surface area contributed by atoms with Crippen molar-refractivity contribution in [3.63, 3.8) is 0 Å². The number of pyridine rings is 1. The predicted molar refractivity (Wildman–Crippen MR) is 106 cm³/mol. The number of hydrogen-bond acceptors (Lipinski definition) is 5. The molecule has 7 nitrogen and oxygen atoms in total. The summed E-state index contributed by atoms with van der Waals surface area (Å²) in [4.78, 5) is 16.7. The number of ether oxygens (including phenoxy) is 1. The monoisotopic (exact) mass is 393 g/mol. The van der Waals surface area contributed by atoms with Gasteiger partial charge in [-0.05, 0) is 48.0 Å². The van der Waals surface area contributed by atoms with Gasteiger partial charge in [0.25, 0.3) is 11.9 Å². The van der Waals surface area contributed by atoms with Gasteiger partial charge in [-0.3, -0.25) is 15.6 Å². The molecule has 2 aromatic heterocycles. The highest BCUT2D eigenvalue weighted by molar-refractivity contribution is 6.30. The first-order valence-corrected chi connectivity index (χ1v) is 8.90. The van der Waals surface area contributed by atoms with Gasteiger partial charge >= 0.3 is 0 Å². The van der Waals surface area contributed by atoms with Crippen LogP contribution in [0.25, 0.3) is 5.65 Å². The van der Waals surface area contributed by atoms with Crippen molar-refractivity contribution >= 4 is 29.1 Å². The molecule has 0 spiro atoms. The van der Waals surface area contributed by atoms with Crippen LogP contribution in [0.1, 0.15) is 15.9 Å². The Labute approximate surface area is 165 Å². The molecule has 0 aliphatic heterocycles. The van der Waals surface area contributed by atoms with Gasteiger partial charge < -0.3 is 4.74 Å². The summed E-state index contributed by atoms with van der Waals surface area (Å²) in [7, 11) is 0. The highest BCUT2D eigenvalue weighted by Gasteiger charge is 2.09. The zero-order valence-electron chi connectivity index (χ0n) is 14.7. The third-order valence-corrected chi connectivity index (χ3v) is 4.15. The Morgan fingerprint density at radius 2 is 1.96 bits per heavy atom. The van der Waals surface area contributed by atoms with Gasteiger partial charge in [-0.25, -0.2) is 4.52 Å². The number of nitrogens with one attached hydrogen (secondary N) is 2. The Balaban J connectivity index is 1.38. The lowest BCUT2D eigenvalue weighted by atomic mass is 10.2. The van der Waals surface area contributed by atoms with Crippen LogP contribution in [0.4, 0.5) is 5.95 Å². The van der Waals surface area contributed by atoms with Crippen LogP contribution < -0.4 is 15.6 Å². The Hall–Kier alpha value is -3.58. The SMILES string of the molecule is O=C(NNc1nc2ccccn2n1)c1cccc(OCc2cccc(Cl)c2)c1. The number of hydrazine groups is 1. The second-order valence-electron chi connectivity index (χ2n) is 5.96. The predicted octanol–water partition coefficient (Wildman–Crippen LogP) is 3.72. The average molecular weight is 394 g/mol. The van der Waals surface area contributed by atoms with Crippen LogP contribution in [0.15, 0.2) is 72.9 Å². The number of nitrogens with zero attached hydrogens (tertiary/aromatic N) is 3. The molecule has 2 heterocycles. The van der Waals surface area contributed by atoms with Crippen molar-refractivity contribution in [2.24, 2.45) is 0 Å². The van der Waals surface area contributed by atoms with Crippen LogP contribution in [0.3, 0.4) is 0 Å². The van der Waals surface area contributed by atoms with E-state index in [-0.39, 0.29) is 5.91 Å². The summed E-state index contributed by atoms with van der Waals surface area (Å²) < 4.78 is 7.36. The minimum absolute atomic E-state index is 0.299. The van der Waals surface area contributed by atoms with Gasteiger partial charge in [0.2, 0.25) is 0 Å². The van der Waals surface area contributed by atoms with Crippen molar-refractivity contribution in [3.05, 3.63) is 89.1 Å². The third-order valence-electron chi connectivity index (χ3n) is 3.92. The van der Waals surface area contributed by atoms with Crippen LogP contribution in [0, 0.1) is 0 Å². The van der Waals surface area contributed by atoms with Gasteiger partial charge in [-0.2, -0.15) is 4.98 Å². The molecule has 140 valence electrons. The van der Waals surface area contributed by atoms with E-state index in [0.29, 0.717) is 34.5 Å². The van der Waals surface area contributed by atoms with Crippen LogP contribution in [0.2, 0.25) is 5.02 Å². The third kappa shape index (κ3) is 4.21. The van der Waals surface area contributed by atoms with Gasteiger partial charge in [0.1, 0.15) is 12.4 Å². The first-order valence-electron chi connectivity index (χ1n) is 8.52. The second-order valence-corrected chi connectivity index (χ2v) is 6.40. The van der Waals surface area contributed by atoms with E-state index in [0.717, 1.165) is 5.56 Å². The standard InChI is InChI=1S/C20H16ClN5O2/c21-16-7-3-5-14(11-16)13-28-17-8-4-6-15(12-17)19(27)23-24-20-22-18-9-1-2-10-26(18)25-20/h1-12H,13H2,(H,23,27)(H,24,25). The molecule has 4 rings (SSSR count). The number of carbonyl (C=O) groups excluding carboxylic acids is 1. The number of benzene rings is 2. The normalized spacial score (nSPS) is 10.6. The molecule has 0 fully saturated rings. The molecule has 2 aromatic carbocycles. The largest absolute Gasteiger partial charge is 0.489 e. The lowest BCUT2D eigenvalue weighted by Crippen LogP contribution is -2.29. The molecule has 0 aliphatic rings. The summed E-state index contributed by atoms with van der Waals surface area (Å²) in [5.41, 5.74) is 7.37. The molecular weight excluding hydrogens is 378 g/mol. The molecule has 0 atom stereocenters. The second kappa shape index (κ2) is 7.98. The molecule has 0 bridgehead atoms. The maximum absolute atomic E-state index is 12.4. The summed E-state index contributed by atoms with van der Waals surface area (Å²) in [6.45, 7) is 0.356. The topological polar surface area (TPSA) is 80.6 Å². The molecule has 0 saturated heterocycles. The Bertz CT molecular complexity index is 1100. The fourth-order valence-corrected chi connectivity index (χ4v) is 2.80. The van der Waals surface area contributed by atoms with Gasteiger partial charge in [0.05, 0.1) is 0 Å². The molecule has 4 aromatic rings. The first kappa shape index (κ1) is 17.8. The van der Waals surface area contributed by atoms with Crippen molar-refractivity contribution in [3.8, 4) is 5.75 Å². The molecule has 0 aliphatic carbocycles. The molecule has 0 unspecified atom stereocenters. The van der Waals surface area contributed by atoms with Gasteiger partial charge in [-0.15, -0.1) is 5.10 Å². The van der Waals surface area contributed by atoms with E-state index in [1.54, 1.807) is 41.0 Å². The summed E-state index contributed by atoms with van der Waals surface area (Å²) in [5, 5.41) is 4.86. The van der Waals surface area contributed by atoms with Crippen molar-refractivity contribution in [1.82, 2.24) is 20.0 Å². The Kier molecular flexibility index (Phi) is 5.07. The summed E-state index contributed by atoms with van der Waals surface area (Å²) in [6, 6.07) is 19.9. The number of anilines is 1. The molecule has 2 N–H and O–H groups in total. The van der Waals surface area contributed by atoms with E-state index in [9.17, 15) is 4.79 Å². The number of amides is 1. The number of hydrogen-bond donors (Lipinski definition) is 2. The maximum Gasteiger partial charge on any atom is 0.269 e. The number of fused-ring (bicyclic) bond motifs is 1. The average Bonchev–Trinajstić information content (AvgIpc) is 3.14. The molecule has 0 radical (unpaired) electrons. The first-order chi connectivity index (χ1) is 13.7. The van der Waals surface area contributed by atoms with Gasteiger partial charge in [0.15, 0.2) is 5.65 Å². The zero-order valence-corrected chi connectivity index (χ0v) is 15.4. The Morgan fingerprint density at radius 1 is 1.07 bits per heavy atom. The Morgan fingerprint density at radius 3 is 2.82 bits per heavy atom. The van der Waals surface area contributed by atoms with Crippen LogP contribution in [-0.4, -0.2) is 20.5 Å². The van der Waals surface area contributed by atoms with E-state index in [1.807, 2.05) is 36.4 Å². The lowest BCUT2D eigenvalue weighted by molar-refractivity contribution is 0.0962. The zero-order chi connectivity index (χ0) is 19.3. The molecule has 0 saturated carbocycles. The quantitative estimate of drug-likeness (QED) is 0.488. The highest BCUT2D eigenvalue weighted by atomic mass is 35.5.